The van der Waals surface area contributed by atoms with Gasteiger partial charge >= 0.3 is 50.2 Å². The third-order valence-electron chi connectivity index (χ3n) is 0.694. The van der Waals surface area contributed by atoms with Crippen molar-refractivity contribution in [2.45, 2.75) is 0 Å². The molecular weight excluding hydrogens is 235 g/mol. The first-order valence-corrected chi connectivity index (χ1v) is 5.53. The summed E-state index contributed by atoms with van der Waals surface area (Å²) in [6.07, 6.45) is 0. The van der Waals surface area contributed by atoms with Crippen molar-refractivity contribution in [3.8, 4) is 0 Å². The van der Waals surface area contributed by atoms with Gasteiger partial charge in [-0.2, -0.15) is 26.3 Å². The Kier molecular flexibility index (Phi) is 7.80. The molecule has 4 N–H and O–H groups in total. The molecule has 0 aliphatic heterocycles. The summed E-state index contributed by atoms with van der Waals surface area (Å²) in [4.78, 5) is 0. The molecule has 0 aromatic heterocycles. The second-order valence-corrected chi connectivity index (χ2v) is 4.22. The molecule has 11 heteroatoms. The van der Waals surface area contributed by atoms with Crippen LogP contribution in [0, 0.1) is 0 Å². The van der Waals surface area contributed by atoms with Crippen LogP contribution in [0.25, 0.3) is 0 Å². The van der Waals surface area contributed by atoms with Crippen LogP contribution in [0.5, 0.6) is 0 Å². The summed E-state index contributed by atoms with van der Waals surface area (Å²) in [5.41, 5.74) is 0. The van der Waals surface area contributed by atoms with Crippen LogP contribution in [0.2, 0.25) is 0 Å². The summed E-state index contributed by atoms with van der Waals surface area (Å²) < 4.78 is 59.1. The van der Waals surface area contributed by atoms with Crippen molar-refractivity contribution >= 4 is 50.2 Å². The molecule has 0 radical (unpaired) electrons. The van der Waals surface area contributed by atoms with E-state index in [2.05, 4.69) is 0 Å². The Morgan fingerprint density at radius 1 is 0.846 bits per heavy atom. The monoisotopic (exact) mass is 244 g/mol. The molecule has 0 spiro atoms. The van der Waals surface area contributed by atoms with Gasteiger partial charge in [-0.25, -0.2) is 0 Å². The van der Waals surface area contributed by atoms with E-state index >= 15 is 0 Å². The summed E-state index contributed by atoms with van der Waals surface area (Å²) in [5, 5.41) is 0. The third-order valence-corrected chi connectivity index (χ3v) is 1.83. The average Bonchev–Trinajstić information content (AvgIpc) is 1.76. The van der Waals surface area contributed by atoms with Gasteiger partial charge in [0.1, 0.15) is 0 Å². The Balaban J connectivity index is 0. The van der Waals surface area contributed by atoms with Crippen LogP contribution >= 0.6 is 0 Å². The predicted molar refractivity (Wildman–Crippen MR) is 46.3 cm³/mol. The van der Waals surface area contributed by atoms with Crippen molar-refractivity contribution in [2.75, 3.05) is 13.1 Å². The molecule has 0 aromatic rings. The second-order valence-electron chi connectivity index (χ2n) is 1.74. The fraction of sp³-hybridized carbons (Fsp3) is 1.00. The molecule has 0 unspecified atom stereocenters. The fourth-order valence-electron chi connectivity index (χ4n) is 0.360. The number of hydrogen-bond acceptors (Lipinski definition) is 4. The van der Waals surface area contributed by atoms with E-state index in [0.29, 0.717) is 0 Å². The molecule has 0 heterocycles. The summed E-state index contributed by atoms with van der Waals surface area (Å²) >= 11 is 0. The van der Waals surface area contributed by atoms with E-state index in [-0.39, 0.29) is 42.6 Å². The van der Waals surface area contributed by atoms with Gasteiger partial charge in [-0.15, -0.1) is 0 Å². The van der Waals surface area contributed by atoms with Gasteiger partial charge < -0.3 is 0 Å². The van der Waals surface area contributed by atoms with E-state index in [0.717, 1.165) is 0 Å². The molecular formula is C2H9N2NaO6S2. The molecule has 13 heavy (non-hydrogen) atoms. The Hall–Kier alpha value is 0.740. The molecule has 8 nitrogen and oxygen atoms in total. The molecule has 0 saturated carbocycles. The summed E-state index contributed by atoms with van der Waals surface area (Å²) in [6.45, 7) is -0.697. The molecule has 0 amide bonds. The molecule has 0 aliphatic carbocycles. The quantitative estimate of drug-likeness (QED) is 0.233. The summed E-state index contributed by atoms with van der Waals surface area (Å²) in [7, 11) is -8.62. The molecule has 0 bridgehead atoms. The minimum absolute atomic E-state index is 0. The maximum atomic E-state index is 9.96. The second kappa shape index (κ2) is 6.27. The van der Waals surface area contributed by atoms with Gasteiger partial charge in [0, 0.05) is 13.1 Å². The minimum atomic E-state index is -4.31. The number of hydrogen-bond donors (Lipinski definition) is 4. The first kappa shape index (κ1) is 16.2. The van der Waals surface area contributed by atoms with Crippen LogP contribution < -0.4 is 9.44 Å². The topological polar surface area (TPSA) is 133 Å². The Labute approximate surface area is 98.1 Å². The standard InChI is InChI=1S/C2H8N2O6S2.Na.H/c5-11(6,7)3-1-2-4-12(8,9)10;;/h3-4H,1-2H2,(H,5,6,7)(H,8,9,10);;. The van der Waals surface area contributed by atoms with E-state index < -0.39 is 20.6 Å². The van der Waals surface area contributed by atoms with Gasteiger partial charge in [-0.05, 0) is 0 Å². The van der Waals surface area contributed by atoms with Crippen molar-refractivity contribution in [1.29, 1.82) is 0 Å². The van der Waals surface area contributed by atoms with E-state index in [4.69, 9.17) is 9.11 Å². The fourth-order valence-corrected chi connectivity index (χ4v) is 1.08. The molecule has 0 saturated heterocycles. The van der Waals surface area contributed by atoms with E-state index in [1.807, 2.05) is 0 Å². The maximum absolute atomic E-state index is 9.96. The van der Waals surface area contributed by atoms with Gasteiger partial charge in [0.25, 0.3) is 0 Å². The van der Waals surface area contributed by atoms with Crippen LogP contribution in [-0.4, -0.2) is 68.6 Å². The van der Waals surface area contributed by atoms with E-state index in [9.17, 15) is 16.8 Å². The van der Waals surface area contributed by atoms with Gasteiger partial charge in [0.15, 0.2) is 0 Å². The van der Waals surface area contributed by atoms with Crippen molar-refractivity contribution < 1.29 is 25.9 Å². The number of nitrogens with one attached hydrogen (secondary N) is 2. The van der Waals surface area contributed by atoms with Gasteiger partial charge in [-0.3, -0.25) is 9.11 Å². The average molecular weight is 244 g/mol. The van der Waals surface area contributed by atoms with Gasteiger partial charge in [0.05, 0.1) is 0 Å². The Bertz CT molecular complexity index is 287. The Morgan fingerprint density at radius 3 is 1.23 bits per heavy atom. The van der Waals surface area contributed by atoms with Crippen molar-refractivity contribution in [2.24, 2.45) is 0 Å². The first-order chi connectivity index (χ1) is 5.21. The number of rotatable bonds is 5. The summed E-state index contributed by atoms with van der Waals surface area (Å²) in [5.74, 6) is 0. The van der Waals surface area contributed by atoms with Crippen molar-refractivity contribution in [3.05, 3.63) is 0 Å². The van der Waals surface area contributed by atoms with Crippen LogP contribution in [0.3, 0.4) is 0 Å². The SMILES string of the molecule is O=S(=O)(O)NCCNS(=O)(=O)O.[NaH]. The molecule has 76 valence electrons. The molecule has 0 aromatic carbocycles. The molecule has 0 atom stereocenters. The van der Waals surface area contributed by atoms with Gasteiger partial charge in [-0.1, -0.05) is 0 Å². The van der Waals surface area contributed by atoms with Crippen molar-refractivity contribution in [1.82, 2.24) is 9.44 Å². The van der Waals surface area contributed by atoms with Crippen LogP contribution in [0.1, 0.15) is 0 Å². The zero-order valence-corrected chi connectivity index (χ0v) is 7.39. The van der Waals surface area contributed by atoms with E-state index in [1.165, 1.54) is 0 Å². The summed E-state index contributed by atoms with van der Waals surface area (Å²) in [6, 6.07) is 0. The van der Waals surface area contributed by atoms with Crippen molar-refractivity contribution in [3.63, 3.8) is 0 Å². The van der Waals surface area contributed by atoms with E-state index in [1.54, 1.807) is 9.44 Å². The molecule has 0 fully saturated rings. The van der Waals surface area contributed by atoms with Crippen LogP contribution in [0.4, 0.5) is 0 Å². The predicted octanol–water partition coefficient (Wildman–Crippen LogP) is -2.88. The third kappa shape index (κ3) is 15.5. The first-order valence-electron chi connectivity index (χ1n) is 2.65. The van der Waals surface area contributed by atoms with Crippen LogP contribution in [-0.2, 0) is 20.6 Å². The zero-order chi connectivity index (χ0) is 9.83. The van der Waals surface area contributed by atoms with Crippen LogP contribution in [0.15, 0.2) is 0 Å². The normalized spacial score (nSPS) is 12.2. The molecule has 0 aliphatic rings. The van der Waals surface area contributed by atoms with Gasteiger partial charge in [0.2, 0.25) is 0 Å². The Morgan fingerprint density at radius 2 is 1.08 bits per heavy atom. The molecule has 0 rings (SSSR count). The zero-order valence-electron chi connectivity index (χ0n) is 5.76.